The fourth-order valence-electron chi connectivity index (χ4n) is 5.63. The summed E-state index contributed by atoms with van der Waals surface area (Å²) in [5, 5.41) is 13.7. The van der Waals surface area contributed by atoms with Crippen LogP contribution < -0.4 is 14.5 Å². The number of morpholine rings is 2. The molecular weight excluding hydrogens is 768 g/mol. The molecule has 0 spiro atoms. The third-order valence-electron chi connectivity index (χ3n) is 8.11. The van der Waals surface area contributed by atoms with Gasteiger partial charge in [0.05, 0.1) is 60.1 Å². The Kier molecular flexibility index (Phi) is 14.0. The standard InChI is InChI=1S/C19H19N3O4S.C16H15N3O2S.C3H5ClO2/c1-2-25-19(23)26-14-5-3-4-13(12-14)17-20-15-6-11-27-16(15)18(21-17)22-7-9-24-10-8-22;20-12-3-1-2-11(10-12)15-17-13-4-9-22-14(13)16(18-15)19-5-7-21-8-6-19;1-2-6-3(4)5/h3-6,11-12H,2,7-10H2,1H3;1-4,9-10,20H,5-8H2;2H2,1H3. The van der Waals surface area contributed by atoms with Crippen molar-refractivity contribution in [3.8, 4) is 34.3 Å². The third-order valence-corrected chi connectivity index (χ3v) is 10.0. The SMILES string of the molecule is CCOC(=O)Cl.CCOC(=O)Oc1cccc(-c2nc(N3CCOCC3)c3sccc3n2)c1.Oc1cccc(-c2nc(N3CCOCC3)c3sccc3n2)c1. The lowest BCUT2D eigenvalue weighted by Gasteiger charge is -2.28. The lowest BCUT2D eigenvalue weighted by atomic mass is 10.2. The van der Waals surface area contributed by atoms with Gasteiger partial charge in [-0.15, -0.1) is 22.7 Å². The second-order valence-electron chi connectivity index (χ2n) is 11.7. The predicted molar refractivity (Wildman–Crippen MR) is 214 cm³/mol. The van der Waals surface area contributed by atoms with Crippen LogP contribution in [-0.2, 0) is 18.9 Å². The highest BCUT2D eigenvalue weighted by molar-refractivity contribution is 7.18. The summed E-state index contributed by atoms with van der Waals surface area (Å²) in [7, 11) is 0. The van der Waals surface area contributed by atoms with Gasteiger partial charge in [-0.3, -0.25) is 0 Å². The highest BCUT2D eigenvalue weighted by Gasteiger charge is 2.21. The second-order valence-corrected chi connectivity index (χ2v) is 13.9. The number of aromatic nitrogens is 4. The zero-order valence-electron chi connectivity index (χ0n) is 30.2. The molecule has 2 aliphatic rings. The first-order valence-electron chi connectivity index (χ1n) is 17.6. The number of benzene rings is 2. The van der Waals surface area contributed by atoms with Crippen molar-refractivity contribution in [1.82, 2.24) is 19.9 Å². The molecule has 2 saturated heterocycles. The molecule has 6 aromatic rings. The summed E-state index contributed by atoms with van der Waals surface area (Å²) >= 11 is 8.01. The number of anilines is 2. The first kappa shape index (κ1) is 39.6. The van der Waals surface area contributed by atoms with Gasteiger partial charge in [-0.2, -0.15) is 0 Å². The molecule has 8 rings (SSSR count). The second kappa shape index (κ2) is 19.5. The highest BCUT2D eigenvalue weighted by atomic mass is 35.5. The van der Waals surface area contributed by atoms with Gasteiger partial charge in [0.15, 0.2) is 23.3 Å². The van der Waals surface area contributed by atoms with Gasteiger partial charge in [-0.1, -0.05) is 24.3 Å². The van der Waals surface area contributed by atoms with E-state index in [1.54, 1.807) is 72.9 Å². The average molecular weight is 807 g/mol. The normalized spacial score (nSPS) is 14.0. The Bertz CT molecular complexity index is 2210. The molecule has 55 heavy (non-hydrogen) atoms. The molecule has 0 radical (unpaired) electrons. The average Bonchev–Trinajstić information content (AvgIpc) is 3.89. The number of nitrogens with zero attached hydrogens (tertiary/aromatic N) is 6. The zero-order chi connectivity index (χ0) is 38.6. The molecule has 0 atom stereocenters. The minimum absolute atomic E-state index is 0.222. The molecule has 4 aromatic heterocycles. The maximum absolute atomic E-state index is 11.6. The Morgan fingerprint density at radius 2 is 1.24 bits per heavy atom. The first-order chi connectivity index (χ1) is 26.8. The number of ether oxygens (including phenoxy) is 5. The van der Waals surface area contributed by atoms with E-state index in [1.165, 1.54) is 0 Å². The van der Waals surface area contributed by atoms with Crippen LogP contribution in [0.15, 0.2) is 71.4 Å². The number of hydrogen-bond acceptors (Lipinski definition) is 16. The lowest BCUT2D eigenvalue weighted by molar-refractivity contribution is 0.104. The zero-order valence-corrected chi connectivity index (χ0v) is 32.6. The number of carbonyl (C=O) groups is 2. The fourth-order valence-corrected chi connectivity index (χ4v) is 7.44. The molecule has 6 heterocycles. The van der Waals surface area contributed by atoms with Gasteiger partial charge >= 0.3 is 11.6 Å². The molecule has 0 saturated carbocycles. The van der Waals surface area contributed by atoms with E-state index >= 15 is 0 Å². The minimum Gasteiger partial charge on any atom is -0.508 e. The fraction of sp³-hybridized carbons (Fsp3) is 0.316. The van der Waals surface area contributed by atoms with Gasteiger partial charge in [0, 0.05) is 48.9 Å². The molecule has 0 bridgehead atoms. The number of carbonyl (C=O) groups excluding carboxylic acids is 2. The summed E-state index contributed by atoms with van der Waals surface area (Å²) in [6.45, 7) is 10.1. The van der Waals surface area contributed by atoms with E-state index in [2.05, 4.69) is 24.5 Å². The van der Waals surface area contributed by atoms with Crippen LogP contribution >= 0.6 is 34.3 Å². The third kappa shape index (κ3) is 10.6. The Labute approximate surface area is 330 Å². The molecule has 1 N–H and O–H groups in total. The van der Waals surface area contributed by atoms with Crippen LogP contribution in [0.1, 0.15) is 13.8 Å². The number of hydrogen-bond donors (Lipinski definition) is 1. The van der Waals surface area contributed by atoms with Crippen molar-refractivity contribution in [2.45, 2.75) is 13.8 Å². The molecular formula is C38H39ClN6O8S2. The molecule has 2 aliphatic heterocycles. The Morgan fingerprint density at radius 3 is 1.71 bits per heavy atom. The summed E-state index contributed by atoms with van der Waals surface area (Å²) in [6, 6.07) is 18.2. The quantitative estimate of drug-likeness (QED) is 0.0939. The highest BCUT2D eigenvalue weighted by Crippen LogP contribution is 2.34. The lowest BCUT2D eigenvalue weighted by Crippen LogP contribution is -2.36. The summed E-state index contributed by atoms with van der Waals surface area (Å²) in [6.07, 6.45) is -0.724. The smallest absolute Gasteiger partial charge is 0.508 e. The van der Waals surface area contributed by atoms with Crippen molar-refractivity contribution < 1.29 is 38.4 Å². The van der Waals surface area contributed by atoms with Gasteiger partial charge < -0.3 is 38.6 Å². The van der Waals surface area contributed by atoms with Crippen molar-refractivity contribution >= 4 is 77.9 Å². The summed E-state index contributed by atoms with van der Waals surface area (Å²) in [5.74, 6) is 3.74. The van der Waals surface area contributed by atoms with Crippen LogP contribution in [0.3, 0.4) is 0 Å². The minimum atomic E-state index is -0.738. The van der Waals surface area contributed by atoms with E-state index in [1.807, 2.05) is 35.0 Å². The molecule has 17 heteroatoms. The molecule has 0 aliphatic carbocycles. The van der Waals surface area contributed by atoms with Crippen molar-refractivity contribution in [3.05, 3.63) is 71.4 Å². The molecule has 0 unspecified atom stereocenters. The van der Waals surface area contributed by atoms with Crippen LogP contribution in [0.25, 0.3) is 43.2 Å². The molecule has 2 aromatic carbocycles. The van der Waals surface area contributed by atoms with Crippen molar-refractivity contribution in [1.29, 1.82) is 0 Å². The van der Waals surface area contributed by atoms with E-state index in [-0.39, 0.29) is 12.4 Å². The van der Waals surface area contributed by atoms with E-state index in [9.17, 15) is 14.7 Å². The number of rotatable bonds is 7. The van der Waals surface area contributed by atoms with Crippen LogP contribution in [0.2, 0.25) is 0 Å². The Hall–Kier alpha value is -5.13. The van der Waals surface area contributed by atoms with Crippen LogP contribution in [-0.4, -0.2) is 102 Å². The largest absolute Gasteiger partial charge is 0.513 e. The first-order valence-corrected chi connectivity index (χ1v) is 19.7. The van der Waals surface area contributed by atoms with Gasteiger partial charge in [0.1, 0.15) is 11.5 Å². The van der Waals surface area contributed by atoms with Crippen molar-refractivity contribution in [3.63, 3.8) is 0 Å². The summed E-state index contributed by atoms with van der Waals surface area (Å²) in [4.78, 5) is 44.5. The molecule has 0 amide bonds. The van der Waals surface area contributed by atoms with Gasteiger partial charge in [-0.25, -0.2) is 29.5 Å². The Balaban J connectivity index is 0.000000166. The number of fused-ring (bicyclic) bond motifs is 2. The molecule has 2 fully saturated rings. The van der Waals surface area contributed by atoms with E-state index in [0.717, 1.165) is 82.6 Å². The van der Waals surface area contributed by atoms with E-state index in [4.69, 9.17) is 40.5 Å². The van der Waals surface area contributed by atoms with Crippen LogP contribution in [0.4, 0.5) is 21.2 Å². The van der Waals surface area contributed by atoms with Crippen molar-refractivity contribution in [2.75, 3.05) is 75.6 Å². The predicted octanol–water partition coefficient (Wildman–Crippen LogP) is 8.01. The van der Waals surface area contributed by atoms with Crippen LogP contribution in [0.5, 0.6) is 11.5 Å². The van der Waals surface area contributed by atoms with Gasteiger partial charge in [-0.05, 0) is 61.0 Å². The number of halogens is 1. The van der Waals surface area contributed by atoms with Crippen molar-refractivity contribution in [2.24, 2.45) is 0 Å². The maximum Gasteiger partial charge on any atom is 0.513 e. The maximum atomic E-state index is 11.6. The Morgan fingerprint density at radius 1 is 0.727 bits per heavy atom. The molecule has 288 valence electrons. The van der Waals surface area contributed by atoms with Crippen LogP contribution in [0, 0.1) is 0 Å². The van der Waals surface area contributed by atoms with Gasteiger partial charge in [0.2, 0.25) is 0 Å². The van der Waals surface area contributed by atoms with E-state index in [0.29, 0.717) is 37.2 Å². The number of thiophene rings is 2. The summed E-state index contributed by atoms with van der Waals surface area (Å²) < 4.78 is 27.3. The van der Waals surface area contributed by atoms with E-state index < -0.39 is 11.6 Å². The number of phenols is 1. The number of aromatic hydroxyl groups is 1. The topological polar surface area (TPSA) is 159 Å². The molecule has 14 nitrogen and oxygen atoms in total. The summed E-state index contributed by atoms with van der Waals surface area (Å²) in [5.41, 5.74) is 2.71. The van der Waals surface area contributed by atoms with Gasteiger partial charge in [0.25, 0.3) is 0 Å². The monoisotopic (exact) mass is 806 g/mol. The number of phenolic OH excluding ortho intramolecular Hbond substituents is 1.